The van der Waals surface area contributed by atoms with E-state index < -0.39 is 42.2 Å². The van der Waals surface area contributed by atoms with Crippen molar-refractivity contribution in [3.05, 3.63) is 24.0 Å². The molecule has 0 heterocycles. The molecule has 1 aromatic rings. The minimum absolute atomic E-state index is 0.220. The first-order valence-electron chi connectivity index (χ1n) is 5.55. The lowest BCUT2D eigenvalue weighted by Gasteiger charge is -2.10. The Morgan fingerprint density at radius 3 is 2.21 bits per heavy atom. The van der Waals surface area contributed by atoms with E-state index in [4.69, 9.17) is 5.73 Å². The lowest BCUT2D eigenvalue weighted by molar-refractivity contribution is 0.582. The summed E-state index contributed by atoms with van der Waals surface area (Å²) in [6.45, 7) is 2.96. The Morgan fingerprint density at radius 1 is 1.16 bits per heavy atom. The van der Waals surface area contributed by atoms with Crippen LogP contribution in [0.2, 0.25) is 0 Å². The van der Waals surface area contributed by atoms with Crippen molar-refractivity contribution in [3.63, 3.8) is 0 Å². The molecule has 0 radical (unpaired) electrons. The number of hydrogen-bond acceptors (Lipinski definition) is 5. The van der Waals surface area contributed by atoms with E-state index in [0.717, 1.165) is 18.2 Å². The van der Waals surface area contributed by atoms with Crippen LogP contribution in [0.1, 0.15) is 13.8 Å². The Bertz CT molecular complexity index is 666. The average Bonchev–Trinajstić information content (AvgIpc) is 2.26. The highest BCUT2D eigenvalue weighted by atomic mass is 32.2. The minimum Gasteiger partial charge on any atom is -0.398 e. The summed E-state index contributed by atoms with van der Waals surface area (Å²) in [6.07, 6.45) is 0. The molecule has 0 bridgehead atoms. The van der Waals surface area contributed by atoms with Crippen LogP contribution in [0.4, 0.5) is 10.1 Å². The Morgan fingerprint density at radius 2 is 1.74 bits per heavy atom. The van der Waals surface area contributed by atoms with E-state index in [0.29, 0.717) is 0 Å². The van der Waals surface area contributed by atoms with Crippen LogP contribution in [0.15, 0.2) is 23.1 Å². The molecule has 0 saturated heterocycles. The highest BCUT2D eigenvalue weighted by molar-refractivity contribution is 7.95. The predicted octanol–water partition coefficient (Wildman–Crippen LogP) is 1.00. The average molecular weight is 309 g/mol. The highest BCUT2D eigenvalue weighted by Gasteiger charge is 2.23. The number of sulfone groups is 2. The predicted molar refractivity (Wildman–Crippen MR) is 71.8 cm³/mol. The molecule has 0 aromatic heterocycles. The molecule has 2 N–H and O–H groups in total. The van der Waals surface area contributed by atoms with Gasteiger partial charge in [-0.05, 0) is 32.0 Å². The molecule has 1 rings (SSSR count). The van der Waals surface area contributed by atoms with Crippen molar-refractivity contribution in [2.45, 2.75) is 24.0 Å². The zero-order valence-electron chi connectivity index (χ0n) is 10.6. The molecule has 0 fully saturated rings. The van der Waals surface area contributed by atoms with Crippen LogP contribution >= 0.6 is 0 Å². The van der Waals surface area contributed by atoms with Crippen molar-refractivity contribution in [2.24, 2.45) is 0 Å². The molecule has 0 saturated carbocycles. The molecule has 0 aliphatic rings. The minimum atomic E-state index is -3.85. The van der Waals surface area contributed by atoms with Crippen molar-refractivity contribution < 1.29 is 21.2 Å². The molecule has 1 aromatic carbocycles. The van der Waals surface area contributed by atoms with E-state index in [1.165, 1.54) is 13.8 Å². The summed E-state index contributed by atoms with van der Waals surface area (Å²) in [4.78, 5) is -0.243. The van der Waals surface area contributed by atoms with Gasteiger partial charge in [0.15, 0.2) is 19.7 Å². The lowest BCUT2D eigenvalue weighted by atomic mass is 10.3. The van der Waals surface area contributed by atoms with Gasteiger partial charge in [0.2, 0.25) is 0 Å². The third-order valence-electron chi connectivity index (χ3n) is 2.66. The van der Waals surface area contributed by atoms with Gasteiger partial charge in [0, 0.05) is 0 Å². The van der Waals surface area contributed by atoms with Crippen molar-refractivity contribution in [1.29, 1.82) is 0 Å². The summed E-state index contributed by atoms with van der Waals surface area (Å²) < 4.78 is 60.0. The maximum atomic E-state index is 12.8. The van der Waals surface area contributed by atoms with Gasteiger partial charge < -0.3 is 5.73 Å². The fourth-order valence-corrected chi connectivity index (χ4v) is 4.57. The van der Waals surface area contributed by atoms with Gasteiger partial charge in [-0.2, -0.15) is 0 Å². The fraction of sp³-hybridized carbons (Fsp3) is 0.455. The maximum Gasteiger partial charge on any atom is 0.181 e. The van der Waals surface area contributed by atoms with Crippen LogP contribution in [-0.4, -0.2) is 33.6 Å². The second-order valence-corrected chi connectivity index (χ2v) is 9.17. The Labute approximate surface area is 112 Å². The number of halogens is 1. The van der Waals surface area contributed by atoms with Crippen LogP contribution in [0, 0.1) is 5.82 Å². The molecular formula is C11H16FNO4S2. The smallest absolute Gasteiger partial charge is 0.181 e. The topological polar surface area (TPSA) is 94.3 Å². The van der Waals surface area contributed by atoms with Gasteiger partial charge in [-0.3, -0.25) is 0 Å². The molecule has 0 aliphatic heterocycles. The van der Waals surface area contributed by atoms with Crippen LogP contribution in [0.3, 0.4) is 0 Å². The van der Waals surface area contributed by atoms with Gasteiger partial charge in [-0.25, -0.2) is 21.2 Å². The van der Waals surface area contributed by atoms with Gasteiger partial charge in [-0.15, -0.1) is 0 Å². The summed E-state index contributed by atoms with van der Waals surface area (Å²) in [5, 5.41) is -0.645. The first-order chi connectivity index (χ1) is 8.56. The van der Waals surface area contributed by atoms with E-state index in [-0.39, 0.29) is 10.6 Å². The number of benzene rings is 1. The molecule has 0 atom stereocenters. The number of anilines is 1. The lowest BCUT2D eigenvalue weighted by Crippen LogP contribution is -2.24. The van der Waals surface area contributed by atoms with Crippen molar-refractivity contribution >= 4 is 25.4 Å². The summed E-state index contributed by atoms with van der Waals surface area (Å²) in [7, 11) is -7.30. The van der Waals surface area contributed by atoms with E-state index in [1.807, 2.05) is 0 Å². The van der Waals surface area contributed by atoms with Crippen LogP contribution in [0.5, 0.6) is 0 Å². The number of rotatable bonds is 5. The zero-order valence-corrected chi connectivity index (χ0v) is 12.3. The standard InChI is InChI=1S/C11H16FNO4S2/c1-8(2)18(14,15)5-6-19(16,17)11-4-3-9(12)7-10(11)13/h3-4,7-8H,5-6,13H2,1-2H3. The molecule has 0 unspecified atom stereocenters. The molecule has 0 aliphatic carbocycles. The largest absolute Gasteiger partial charge is 0.398 e. The summed E-state index contributed by atoms with van der Waals surface area (Å²) in [5.74, 6) is -1.70. The second-order valence-electron chi connectivity index (χ2n) is 4.42. The Kier molecular flexibility index (Phi) is 4.57. The van der Waals surface area contributed by atoms with Gasteiger partial charge in [-0.1, -0.05) is 0 Å². The Hall–Kier alpha value is -1.15. The molecular weight excluding hydrogens is 293 g/mol. The quantitative estimate of drug-likeness (QED) is 0.647. The molecule has 5 nitrogen and oxygen atoms in total. The fourth-order valence-electron chi connectivity index (χ4n) is 1.37. The van der Waals surface area contributed by atoms with E-state index in [9.17, 15) is 21.2 Å². The SMILES string of the molecule is CC(C)S(=O)(=O)CCS(=O)(=O)c1ccc(F)cc1N. The number of hydrogen-bond donors (Lipinski definition) is 1. The molecule has 0 amide bonds. The monoisotopic (exact) mass is 309 g/mol. The van der Waals surface area contributed by atoms with Crippen molar-refractivity contribution in [2.75, 3.05) is 17.2 Å². The molecule has 0 spiro atoms. The van der Waals surface area contributed by atoms with E-state index >= 15 is 0 Å². The third kappa shape index (κ3) is 3.90. The van der Waals surface area contributed by atoms with E-state index in [1.54, 1.807) is 0 Å². The van der Waals surface area contributed by atoms with Gasteiger partial charge in [0.05, 0.1) is 27.3 Å². The molecule has 19 heavy (non-hydrogen) atoms. The molecule has 108 valence electrons. The van der Waals surface area contributed by atoms with Crippen LogP contribution in [0.25, 0.3) is 0 Å². The summed E-state index contributed by atoms with van der Waals surface area (Å²) in [6, 6.07) is 2.91. The zero-order chi connectivity index (χ0) is 14.8. The normalized spacial score (nSPS) is 12.8. The van der Waals surface area contributed by atoms with E-state index in [2.05, 4.69) is 0 Å². The number of nitrogens with two attached hydrogens (primary N) is 1. The number of nitrogen functional groups attached to an aromatic ring is 1. The highest BCUT2D eigenvalue weighted by Crippen LogP contribution is 2.21. The first kappa shape index (κ1) is 15.9. The maximum absolute atomic E-state index is 12.8. The van der Waals surface area contributed by atoms with Crippen molar-refractivity contribution in [3.8, 4) is 0 Å². The second kappa shape index (κ2) is 5.46. The van der Waals surface area contributed by atoms with Crippen LogP contribution < -0.4 is 5.73 Å². The first-order valence-corrected chi connectivity index (χ1v) is 8.92. The molecule has 8 heteroatoms. The van der Waals surface area contributed by atoms with Crippen molar-refractivity contribution in [1.82, 2.24) is 0 Å². The van der Waals surface area contributed by atoms with Gasteiger partial charge in [0.25, 0.3) is 0 Å². The summed E-state index contributed by atoms with van der Waals surface area (Å²) >= 11 is 0. The Balaban J connectivity index is 3.00. The van der Waals surface area contributed by atoms with Crippen LogP contribution in [-0.2, 0) is 19.7 Å². The van der Waals surface area contributed by atoms with Gasteiger partial charge >= 0.3 is 0 Å². The van der Waals surface area contributed by atoms with Gasteiger partial charge in [0.1, 0.15) is 5.82 Å². The summed E-state index contributed by atoms with van der Waals surface area (Å²) in [5.41, 5.74) is 5.22. The third-order valence-corrected chi connectivity index (χ3v) is 6.91.